The summed E-state index contributed by atoms with van der Waals surface area (Å²) in [6, 6.07) is 8.30. The molecule has 0 spiro atoms. The van der Waals surface area contributed by atoms with Crippen LogP contribution in [0.15, 0.2) is 29.2 Å². The van der Waals surface area contributed by atoms with E-state index in [1.165, 1.54) is 4.90 Å². The van der Waals surface area contributed by atoms with Gasteiger partial charge in [0, 0.05) is 24.5 Å². The van der Waals surface area contributed by atoms with Crippen molar-refractivity contribution in [3.8, 4) is 0 Å². The van der Waals surface area contributed by atoms with Gasteiger partial charge in [-0.1, -0.05) is 19.1 Å². The average molecular weight is 309 g/mol. The molecule has 0 radical (unpaired) electrons. The monoisotopic (exact) mass is 309 g/mol. The van der Waals surface area contributed by atoms with Gasteiger partial charge < -0.3 is 9.84 Å². The molecule has 0 aliphatic carbocycles. The van der Waals surface area contributed by atoms with Gasteiger partial charge in [0.2, 0.25) is 0 Å². The molecule has 0 aromatic heterocycles. The standard InChI is InChI=1S/C17H27NO2S/c1-4-21-16-7-5-15(6-8-16)17(19)9-10-18-11-13(2)20-14(3)12-18/h5-8,13-14,17,19H,4,9-12H2,1-3H3. The minimum Gasteiger partial charge on any atom is -0.388 e. The lowest BCUT2D eigenvalue weighted by molar-refractivity contribution is -0.0702. The summed E-state index contributed by atoms with van der Waals surface area (Å²) in [4.78, 5) is 3.66. The molecule has 1 aromatic rings. The van der Waals surface area contributed by atoms with E-state index < -0.39 is 0 Å². The Morgan fingerprint density at radius 3 is 2.43 bits per heavy atom. The fraction of sp³-hybridized carbons (Fsp3) is 0.647. The fourth-order valence-electron chi connectivity index (χ4n) is 2.89. The molecule has 21 heavy (non-hydrogen) atoms. The lowest BCUT2D eigenvalue weighted by atomic mass is 10.1. The van der Waals surface area contributed by atoms with Crippen molar-refractivity contribution in [2.45, 2.75) is 50.4 Å². The zero-order valence-electron chi connectivity index (χ0n) is 13.3. The number of aliphatic hydroxyl groups is 1. The molecule has 1 N–H and O–H groups in total. The van der Waals surface area contributed by atoms with Gasteiger partial charge in [0.1, 0.15) is 0 Å². The van der Waals surface area contributed by atoms with Crippen LogP contribution in [-0.4, -0.2) is 47.6 Å². The molecule has 0 saturated carbocycles. The zero-order chi connectivity index (χ0) is 15.2. The van der Waals surface area contributed by atoms with Gasteiger partial charge in [0.15, 0.2) is 0 Å². The SMILES string of the molecule is CCSc1ccc(C(O)CCN2CC(C)OC(C)C2)cc1. The predicted octanol–water partition coefficient (Wildman–Crippen LogP) is 3.33. The second-order valence-corrected chi connectivity index (χ2v) is 7.16. The Bertz CT molecular complexity index is 413. The van der Waals surface area contributed by atoms with Gasteiger partial charge in [-0.25, -0.2) is 0 Å². The molecule has 4 heteroatoms. The lowest BCUT2D eigenvalue weighted by Crippen LogP contribution is -2.45. The summed E-state index contributed by atoms with van der Waals surface area (Å²) in [7, 11) is 0. The Hall–Kier alpha value is -0.550. The van der Waals surface area contributed by atoms with Crippen molar-refractivity contribution in [2.24, 2.45) is 0 Å². The van der Waals surface area contributed by atoms with Crippen molar-refractivity contribution >= 4 is 11.8 Å². The Morgan fingerprint density at radius 2 is 1.86 bits per heavy atom. The van der Waals surface area contributed by atoms with E-state index in [2.05, 4.69) is 37.8 Å². The number of morpholine rings is 1. The van der Waals surface area contributed by atoms with E-state index in [0.717, 1.165) is 37.4 Å². The molecule has 3 nitrogen and oxygen atoms in total. The highest BCUT2D eigenvalue weighted by Gasteiger charge is 2.22. The zero-order valence-corrected chi connectivity index (χ0v) is 14.1. The maximum absolute atomic E-state index is 10.3. The first kappa shape index (κ1) is 16.8. The van der Waals surface area contributed by atoms with Crippen LogP contribution in [0.4, 0.5) is 0 Å². The number of benzene rings is 1. The largest absolute Gasteiger partial charge is 0.388 e. The Morgan fingerprint density at radius 1 is 1.24 bits per heavy atom. The van der Waals surface area contributed by atoms with Gasteiger partial charge in [0.05, 0.1) is 18.3 Å². The highest BCUT2D eigenvalue weighted by molar-refractivity contribution is 7.99. The molecule has 118 valence electrons. The van der Waals surface area contributed by atoms with E-state index in [4.69, 9.17) is 4.74 Å². The van der Waals surface area contributed by atoms with Crippen LogP contribution >= 0.6 is 11.8 Å². The molecule has 1 aliphatic heterocycles. The van der Waals surface area contributed by atoms with Crippen LogP contribution in [0.25, 0.3) is 0 Å². The highest BCUT2D eigenvalue weighted by Crippen LogP contribution is 2.23. The van der Waals surface area contributed by atoms with Gasteiger partial charge in [-0.3, -0.25) is 4.90 Å². The molecule has 2 rings (SSSR count). The van der Waals surface area contributed by atoms with Crippen molar-refractivity contribution in [3.05, 3.63) is 29.8 Å². The van der Waals surface area contributed by atoms with Crippen LogP contribution < -0.4 is 0 Å². The van der Waals surface area contributed by atoms with Crippen molar-refractivity contribution in [2.75, 3.05) is 25.4 Å². The van der Waals surface area contributed by atoms with E-state index in [1.807, 2.05) is 23.9 Å². The van der Waals surface area contributed by atoms with Gasteiger partial charge in [0.25, 0.3) is 0 Å². The number of thioether (sulfide) groups is 1. The molecule has 1 saturated heterocycles. The predicted molar refractivity (Wildman–Crippen MR) is 88.9 cm³/mol. The summed E-state index contributed by atoms with van der Waals surface area (Å²) in [6.07, 6.45) is 0.978. The lowest BCUT2D eigenvalue weighted by Gasteiger charge is -2.35. The van der Waals surface area contributed by atoms with Crippen molar-refractivity contribution < 1.29 is 9.84 Å². The van der Waals surface area contributed by atoms with Crippen molar-refractivity contribution in [1.82, 2.24) is 4.90 Å². The van der Waals surface area contributed by atoms with Crippen LogP contribution in [0.2, 0.25) is 0 Å². The van der Waals surface area contributed by atoms with Gasteiger partial charge >= 0.3 is 0 Å². The molecule has 1 aromatic carbocycles. The summed E-state index contributed by atoms with van der Waals surface area (Å²) in [6.45, 7) is 9.22. The molecule has 0 amide bonds. The third kappa shape index (κ3) is 5.29. The molecule has 3 unspecified atom stereocenters. The maximum Gasteiger partial charge on any atom is 0.0802 e. The molecule has 3 atom stereocenters. The number of nitrogens with zero attached hydrogens (tertiary/aromatic N) is 1. The van der Waals surface area contributed by atoms with Gasteiger partial charge in [-0.05, 0) is 43.7 Å². The van der Waals surface area contributed by atoms with E-state index >= 15 is 0 Å². The molecule has 1 aliphatic rings. The summed E-state index contributed by atoms with van der Waals surface area (Å²) in [5.41, 5.74) is 1.02. The maximum atomic E-state index is 10.3. The molecule has 1 heterocycles. The van der Waals surface area contributed by atoms with E-state index in [0.29, 0.717) is 0 Å². The van der Waals surface area contributed by atoms with Crippen LogP contribution in [-0.2, 0) is 4.74 Å². The third-order valence-electron chi connectivity index (χ3n) is 3.79. The first-order valence-electron chi connectivity index (χ1n) is 7.87. The van der Waals surface area contributed by atoms with Gasteiger partial charge in [-0.2, -0.15) is 0 Å². The second kappa shape index (κ2) is 8.18. The van der Waals surface area contributed by atoms with E-state index in [1.54, 1.807) is 0 Å². The van der Waals surface area contributed by atoms with Gasteiger partial charge in [-0.15, -0.1) is 11.8 Å². The van der Waals surface area contributed by atoms with E-state index in [-0.39, 0.29) is 18.3 Å². The number of hydrogen-bond acceptors (Lipinski definition) is 4. The summed E-state index contributed by atoms with van der Waals surface area (Å²) in [5, 5.41) is 10.3. The minimum atomic E-state index is -0.376. The molecular formula is C17H27NO2S. The van der Waals surface area contributed by atoms with Crippen molar-refractivity contribution in [1.29, 1.82) is 0 Å². The van der Waals surface area contributed by atoms with Crippen LogP contribution in [0, 0.1) is 0 Å². The number of rotatable bonds is 6. The summed E-state index contributed by atoms with van der Waals surface area (Å²) >= 11 is 1.83. The molecular weight excluding hydrogens is 282 g/mol. The second-order valence-electron chi connectivity index (χ2n) is 5.82. The summed E-state index contributed by atoms with van der Waals surface area (Å²) in [5.74, 6) is 1.08. The topological polar surface area (TPSA) is 32.7 Å². The third-order valence-corrected chi connectivity index (χ3v) is 4.68. The first-order valence-corrected chi connectivity index (χ1v) is 8.85. The Balaban J connectivity index is 1.82. The minimum absolute atomic E-state index is 0.288. The fourth-order valence-corrected chi connectivity index (χ4v) is 3.55. The van der Waals surface area contributed by atoms with Crippen LogP contribution in [0.1, 0.15) is 38.9 Å². The quantitative estimate of drug-likeness (QED) is 0.817. The highest BCUT2D eigenvalue weighted by atomic mass is 32.2. The van der Waals surface area contributed by atoms with E-state index in [9.17, 15) is 5.11 Å². The van der Waals surface area contributed by atoms with Crippen LogP contribution in [0.5, 0.6) is 0 Å². The first-order chi connectivity index (χ1) is 10.1. The molecule has 1 fully saturated rings. The normalized spacial score (nSPS) is 25.0. The molecule has 0 bridgehead atoms. The Labute approximate surface area is 132 Å². The average Bonchev–Trinajstić information content (AvgIpc) is 2.45. The number of hydrogen-bond donors (Lipinski definition) is 1. The number of ether oxygens (including phenoxy) is 1. The number of aliphatic hydroxyl groups excluding tert-OH is 1. The van der Waals surface area contributed by atoms with Crippen LogP contribution in [0.3, 0.4) is 0 Å². The van der Waals surface area contributed by atoms with Crippen molar-refractivity contribution in [3.63, 3.8) is 0 Å². The smallest absolute Gasteiger partial charge is 0.0802 e. The summed E-state index contributed by atoms with van der Waals surface area (Å²) < 4.78 is 5.74. The Kier molecular flexibility index (Phi) is 6.55.